The van der Waals surface area contributed by atoms with E-state index in [0.29, 0.717) is 6.42 Å². The van der Waals surface area contributed by atoms with Gasteiger partial charge in [-0.3, -0.25) is 0 Å². The molecule has 1 radical (unpaired) electrons. The highest BCUT2D eigenvalue weighted by Gasteiger charge is 2.20. The third-order valence-electron chi connectivity index (χ3n) is 0.988. The monoisotopic (exact) mass is 129 g/mol. The Hall–Kier alpha value is -0.270. The van der Waals surface area contributed by atoms with Crippen LogP contribution in [0.4, 0.5) is 0 Å². The molecule has 0 aromatic heterocycles. The molecule has 0 fully saturated rings. The molecule has 0 saturated heterocycles. The summed E-state index contributed by atoms with van der Waals surface area (Å²) in [6, 6.07) is 0. The fourth-order valence-electron chi connectivity index (χ4n) is 0.575. The van der Waals surface area contributed by atoms with Crippen molar-refractivity contribution in [3.63, 3.8) is 0 Å². The van der Waals surface area contributed by atoms with E-state index in [-0.39, 0.29) is 0 Å². The molecule has 2 heteroatoms. The van der Waals surface area contributed by atoms with Gasteiger partial charge in [0.15, 0.2) is 5.06 Å². The number of halogens is 1. The van der Waals surface area contributed by atoms with Gasteiger partial charge in [-0.2, -0.15) is 0 Å². The Morgan fingerprint density at radius 2 is 2.25 bits per heavy atom. The molecular formula is C6H6ClO. The van der Waals surface area contributed by atoms with Crippen LogP contribution in [0, 0.1) is 0 Å². The van der Waals surface area contributed by atoms with Gasteiger partial charge in [-0.1, -0.05) is 29.8 Å². The normalized spacial score (nSPS) is 35.8. The predicted octanol–water partition coefficient (Wildman–Crippen LogP) is 1.87. The van der Waals surface area contributed by atoms with E-state index < -0.39 is 5.06 Å². The molecule has 0 spiro atoms. The van der Waals surface area contributed by atoms with Crippen LogP contribution < -0.4 is 0 Å². The van der Waals surface area contributed by atoms with Gasteiger partial charge in [-0.05, 0) is 6.08 Å². The third kappa shape index (κ3) is 1.35. The first-order valence-electron chi connectivity index (χ1n) is 2.44. The average molecular weight is 130 g/mol. The second-order valence-electron chi connectivity index (χ2n) is 1.78. The number of alkyl halides is 1. The lowest BCUT2D eigenvalue weighted by Gasteiger charge is -2.11. The van der Waals surface area contributed by atoms with Gasteiger partial charge in [0.2, 0.25) is 0 Å². The zero-order valence-corrected chi connectivity index (χ0v) is 5.06. The minimum atomic E-state index is -1.37. The highest BCUT2D eigenvalue weighted by Crippen LogP contribution is 2.21. The molecule has 43 valence electrons. The molecule has 0 aromatic carbocycles. The van der Waals surface area contributed by atoms with Crippen LogP contribution in [-0.2, 0) is 5.11 Å². The maximum Gasteiger partial charge on any atom is 0.198 e. The van der Waals surface area contributed by atoms with Crippen molar-refractivity contribution in [3.8, 4) is 0 Å². The van der Waals surface area contributed by atoms with Crippen LogP contribution >= 0.6 is 11.6 Å². The van der Waals surface area contributed by atoms with Crippen LogP contribution in [0.15, 0.2) is 24.3 Å². The molecule has 1 atom stereocenters. The summed E-state index contributed by atoms with van der Waals surface area (Å²) < 4.78 is 0. The van der Waals surface area contributed by atoms with E-state index in [1.165, 1.54) is 6.08 Å². The third-order valence-corrected chi connectivity index (χ3v) is 1.27. The first-order chi connectivity index (χ1) is 3.71. The molecule has 1 aliphatic rings. The van der Waals surface area contributed by atoms with Gasteiger partial charge in [-0.25, -0.2) is 5.11 Å². The van der Waals surface area contributed by atoms with Crippen molar-refractivity contribution < 1.29 is 5.11 Å². The predicted molar refractivity (Wildman–Crippen MR) is 32.2 cm³/mol. The van der Waals surface area contributed by atoms with Crippen LogP contribution in [-0.4, -0.2) is 5.06 Å². The van der Waals surface area contributed by atoms with E-state index >= 15 is 0 Å². The number of hydrogen-bond acceptors (Lipinski definition) is 0. The number of hydrogen-bond donors (Lipinski definition) is 0. The molecule has 0 bridgehead atoms. The van der Waals surface area contributed by atoms with Crippen LogP contribution in [0.2, 0.25) is 0 Å². The molecule has 1 nitrogen and oxygen atoms in total. The molecule has 0 aromatic rings. The van der Waals surface area contributed by atoms with Gasteiger partial charge in [0.25, 0.3) is 0 Å². The minimum absolute atomic E-state index is 0.394. The topological polar surface area (TPSA) is 19.9 Å². The number of allylic oxidation sites excluding steroid dienone is 2. The van der Waals surface area contributed by atoms with E-state index in [9.17, 15) is 5.11 Å². The first-order valence-corrected chi connectivity index (χ1v) is 2.82. The summed E-state index contributed by atoms with van der Waals surface area (Å²) in [5.41, 5.74) is 0. The van der Waals surface area contributed by atoms with E-state index in [0.717, 1.165) is 0 Å². The van der Waals surface area contributed by atoms with Crippen molar-refractivity contribution in [3.05, 3.63) is 24.3 Å². The summed E-state index contributed by atoms with van der Waals surface area (Å²) in [6.07, 6.45) is 7.10. The van der Waals surface area contributed by atoms with Crippen molar-refractivity contribution in [2.24, 2.45) is 0 Å². The SMILES string of the molecule is [O]C1(Cl)C=CC=CC1. The highest BCUT2D eigenvalue weighted by atomic mass is 35.5. The molecule has 0 N–H and O–H groups in total. The molecule has 0 heterocycles. The lowest BCUT2D eigenvalue weighted by Crippen LogP contribution is -2.14. The molecule has 1 rings (SSSR count). The zero-order valence-electron chi connectivity index (χ0n) is 4.30. The van der Waals surface area contributed by atoms with Gasteiger partial charge in [0.05, 0.1) is 0 Å². The quantitative estimate of drug-likeness (QED) is 0.445. The molecular weight excluding hydrogens is 124 g/mol. The molecule has 0 amide bonds. The van der Waals surface area contributed by atoms with Gasteiger partial charge in [0, 0.05) is 6.42 Å². The van der Waals surface area contributed by atoms with Gasteiger partial charge in [-0.15, -0.1) is 0 Å². The van der Waals surface area contributed by atoms with Crippen molar-refractivity contribution in [1.82, 2.24) is 0 Å². The average Bonchev–Trinajstić information content (AvgIpc) is 1.65. The van der Waals surface area contributed by atoms with E-state index in [1.54, 1.807) is 12.2 Å². The summed E-state index contributed by atoms with van der Waals surface area (Å²) in [5.74, 6) is 0. The minimum Gasteiger partial charge on any atom is -0.207 e. The van der Waals surface area contributed by atoms with Crippen LogP contribution in [0.3, 0.4) is 0 Å². The Morgan fingerprint density at radius 1 is 1.50 bits per heavy atom. The Morgan fingerprint density at radius 3 is 2.50 bits per heavy atom. The maximum atomic E-state index is 10.8. The second-order valence-corrected chi connectivity index (χ2v) is 2.42. The summed E-state index contributed by atoms with van der Waals surface area (Å²) in [5, 5.41) is 9.38. The van der Waals surface area contributed by atoms with Crippen LogP contribution in [0.5, 0.6) is 0 Å². The standard InChI is InChI=1S/C6H6ClO/c7-6(8)4-2-1-3-5-6/h1-4H,5H2. The summed E-state index contributed by atoms with van der Waals surface area (Å²) in [4.78, 5) is 0. The molecule has 1 unspecified atom stereocenters. The zero-order chi connectivity index (χ0) is 6.04. The fourth-order valence-corrected chi connectivity index (χ4v) is 0.736. The molecule has 0 aliphatic heterocycles. The van der Waals surface area contributed by atoms with E-state index in [2.05, 4.69) is 0 Å². The van der Waals surface area contributed by atoms with Crippen molar-refractivity contribution in [1.29, 1.82) is 0 Å². The summed E-state index contributed by atoms with van der Waals surface area (Å²) in [7, 11) is 0. The van der Waals surface area contributed by atoms with Gasteiger partial charge >= 0.3 is 0 Å². The molecule has 1 aliphatic carbocycles. The first kappa shape index (κ1) is 5.86. The second kappa shape index (κ2) is 1.92. The van der Waals surface area contributed by atoms with Gasteiger partial charge < -0.3 is 0 Å². The number of rotatable bonds is 0. The van der Waals surface area contributed by atoms with E-state index in [1.807, 2.05) is 6.08 Å². The highest BCUT2D eigenvalue weighted by molar-refractivity contribution is 6.24. The Bertz CT molecular complexity index is 135. The fraction of sp³-hybridized carbons (Fsp3) is 0.333. The smallest absolute Gasteiger partial charge is 0.198 e. The summed E-state index contributed by atoms with van der Waals surface area (Å²) >= 11 is 5.38. The van der Waals surface area contributed by atoms with Crippen molar-refractivity contribution >= 4 is 11.6 Å². The van der Waals surface area contributed by atoms with Crippen LogP contribution in [0.1, 0.15) is 6.42 Å². The summed E-state index contributed by atoms with van der Waals surface area (Å²) in [6.45, 7) is 0. The lowest BCUT2D eigenvalue weighted by atomic mass is 10.1. The van der Waals surface area contributed by atoms with Crippen molar-refractivity contribution in [2.45, 2.75) is 11.5 Å². The Labute approximate surface area is 53.3 Å². The lowest BCUT2D eigenvalue weighted by molar-refractivity contribution is 0.0922. The maximum absolute atomic E-state index is 10.8. The molecule has 8 heavy (non-hydrogen) atoms. The largest absolute Gasteiger partial charge is 0.207 e. The van der Waals surface area contributed by atoms with Crippen molar-refractivity contribution in [2.75, 3.05) is 0 Å². The van der Waals surface area contributed by atoms with Gasteiger partial charge in [0.1, 0.15) is 0 Å². The van der Waals surface area contributed by atoms with Crippen LogP contribution in [0.25, 0.3) is 0 Å². The van der Waals surface area contributed by atoms with E-state index in [4.69, 9.17) is 11.6 Å². The Balaban J connectivity index is 2.65. The molecule has 0 saturated carbocycles. The Kier molecular flexibility index (Phi) is 1.41.